The second-order valence-electron chi connectivity index (χ2n) is 7.30. The third kappa shape index (κ3) is 4.83. The largest absolute Gasteiger partial charge is 0.391 e. The lowest BCUT2D eigenvalue weighted by Gasteiger charge is -2.34. The smallest absolute Gasteiger partial charge is 0.236 e. The zero-order chi connectivity index (χ0) is 19.2. The summed E-state index contributed by atoms with van der Waals surface area (Å²) in [6.45, 7) is 2.33. The highest BCUT2D eigenvalue weighted by atomic mass is 16.3. The standard InChI is InChI=1S/C20H31N3O3/c1-15(24)22-14-20(16-7-5-4-6-8-16)11-9-17(18(25)10-12-20)23(3)19(26)13-21-2/h4-8,17-18,21,25H,9-14H2,1-3H3,(H,22,24)/t17-,18-,20+/m0/s1. The number of hydrogen-bond acceptors (Lipinski definition) is 4. The Labute approximate surface area is 156 Å². The SMILES string of the molecule is CNCC(=O)N(C)[C@H]1CC[C@@](CNC(C)=O)(c2ccccc2)CC[C@@H]1O. The summed E-state index contributed by atoms with van der Waals surface area (Å²) in [5, 5.41) is 16.5. The minimum absolute atomic E-state index is 0.0226. The van der Waals surface area contributed by atoms with Crippen LogP contribution in [-0.4, -0.2) is 61.2 Å². The van der Waals surface area contributed by atoms with Crippen LogP contribution in [0.1, 0.15) is 38.2 Å². The molecule has 0 spiro atoms. The molecule has 3 atom stereocenters. The van der Waals surface area contributed by atoms with Gasteiger partial charge in [0.15, 0.2) is 0 Å². The van der Waals surface area contributed by atoms with Crippen molar-refractivity contribution in [3.63, 3.8) is 0 Å². The number of amides is 2. The summed E-state index contributed by atoms with van der Waals surface area (Å²) in [6, 6.07) is 9.96. The molecule has 26 heavy (non-hydrogen) atoms. The van der Waals surface area contributed by atoms with E-state index in [9.17, 15) is 14.7 Å². The highest BCUT2D eigenvalue weighted by Gasteiger charge is 2.39. The Balaban J connectivity index is 2.24. The molecule has 0 heterocycles. The summed E-state index contributed by atoms with van der Waals surface area (Å²) in [6.07, 6.45) is 2.29. The third-order valence-corrected chi connectivity index (χ3v) is 5.56. The maximum atomic E-state index is 12.2. The first-order chi connectivity index (χ1) is 12.4. The van der Waals surface area contributed by atoms with Gasteiger partial charge in [-0.1, -0.05) is 30.3 Å². The fourth-order valence-corrected chi connectivity index (χ4v) is 3.92. The number of aliphatic hydroxyl groups excluding tert-OH is 1. The van der Waals surface area contributed by atoms with Gasteiger partial charge >= 0.3 is 0 Å². The number of likely N-dealkylation sites (N-methyl/N-ethyl adjacent to an activating group) is 2. The molecule has 1 fully saturated rings. The predicted octanol–water partition coefficient (Wildman–Crippen LogP) is 1.04. The van der Waals surface area contributed by atoms with Crippen molar-refractivity contribution in [1.82, 2.24) is 15.5 Å². The molecule has 144 valence electrons. The Kier molecular flexibility index (Phi) is 7.17. The molecule has 0 radical (unpaired) electrons. The molecule has 2 rings (SSSR count). The monoisotopic (exact) mass is 361 g/mol. The molecule has 1 aliphatic carbocycles. The van der Waals surface area contributed by atoms with Crippen LogP contribution < -0.4 is 10.6 Å². The van der Waals surface area contributed by atoms with Crippen LogP contribution in [0.3, 0.4) is 0 Å². The zero-order valence-electron chi connectivity index (χ0n) is 16.0. The van der Waals surface area contributed by atoms with Gasteiger partial charge in [-0.15, -0.1) is 0 Å². The minimum atomic E-state index is -0.566. The van der Waals surface area contributed by atoms with Crippen LogP contribution in [0.15, 0.2) is 30.3 Å². The normalized spacial score (nSPS) is 26.0. The van der Waals surface area contributed by atoms with E-state index in [2.05, 4.69) is 22.8 Å². The zero-order valence-corrected chi connectivity index (χ0v) is 16.0. The van der Waals surface area contributed by atoms with E-state index in [0.29, 0.717) is 19.4 Å². The van der Waals surface area contributed by atoms with Gasteiger partial charge in [-0.2, -0.15) is 0 Å². The highest BCUT2D eigenvalue weighted by molar-refractivity contribution is 5.78. The number of rotatable bonds is 6. The lowest BCUT2D eigenvalue weighted by Crippen LogP contribution is -2.46. The van der Waals surface area contributed by atoms with Crippen LogP contribution in [0.2, 0.25) is 0 Å². The van der Waals surface area contributed by atoms with E-state index in [-0.39, 0.29) is 29.8 Å². The van der Waals surface area contributed by atoms with Crippen molar-refractivity contribution in [2.75, 3.05) is 27.2 Å². The summed E-state index contributed by atoms with van der Waals surface area (Å²) in [5.74, 6) is -0.0754. The summed E-state index contributed by atoms with van der Waals surface area (Å²) in [7, 11) is 3.50. The topological polar surface area (TPSA) is 81.7 Å². The Morgan fingerprint density at radius 2 is 1.88 bits per heavy atom. The van der Waals surface area contributed by atoms with Gasteiger partial charge in [0, 0.05) is 25.9 Å². The van der Waals surface area contributed by atoms with Gasteiger partial charge < -0.3 is 20.6 Å². The van der Waals surface area contributed by atoms with Crippen LogP contribution in [0.25, 0.3) is 0 Å². The molecule has 0 bridgehead atoms. The van der Waals surface area contributed by atoms with E-state index in [1.54, 1.807) is 19.0 Å². The summed E-state index contributed by atoms with van der Waals surface area (Å²) in [4.78, 5) is 25.4. The minimum Gasteiger partial charge on any atom is -0.391 e. The summed E-state index contributed by atoms with van der Waals surface area (Å²) < 4.78 is 0. The van der Waals surface area contributed by atoms with Crippen LogP contribution in [0.4, 0.5) is 0 Å². The molecule has 1 aromatic rings. The van der Waals surface area contributed by atoms with Crippen LogP contribution in [-0.2, 0) is 15.0 Å². The maximum Gasteiger partial charge on any atom is 0.236 e. The predicted molar refractivity (Wildman–Crippen MR) is 102 cm³/mol. The quantitative estimate of drug-likeness (QED) is 0.662. The van der Waals surface area contributed by atoms with Gasteiger partial charge in [-0.05, 0) is 38.3 Å². The number of nitrogens with zero attached hydrogens (tertiary/aromatic N) is 1. The second-order valence-corrected chi connectivity index (χ2v) is 7.30. The molecule has 6 nitrogen and oxygen atoms in total. The number of nitrogens with one attached hydrogen (secondary N) is 2. The lowest BCUT2D eigenvalue weighted by atomic mass is 9.74. The second kappa shape index (κ2) is 9.14. The molecule has 0 aromatic heterocycles. The first-order valence-corrected chi connectivity index (χ1v) is 9.28. The molecular weight excluding hydrogens is 330 g/mol. The lowest BCUT2D eigenvalue weighted by molar-refractivity contribution is -0.133. The number of benzene rings is 1. The first kappa shape index (κ1) is 20.4. The fraction of sp³-hybridized carbons (Fsp3) is 0.600. The molecule has 0 aliphatic heterocycles. The average Bonchev–Trinajstić information content (AvgIpc) is 2.80. The van der Waals surface area contributed by atoms with Gasteiger partial charge in [0.25, 0.3) is 0 Å². The molecule has 0 unspecified atom stereocenters. The van der Waals surface area contributed by atoms with E-state index in [4.69, 9.17) is 0 Å². The van der Waals surface area contributed by atoms with Crippen molar-refractivity contribution in [2.24, 2.45) is 0 Å². The molecule has 1 aliphatic rings. The third-order valence-electron chi connectivity index (χ3n) is 5.56. The molecule has 6 heteroatoms. The number of carbonyl (C=O) groups excluding carboxylic acids is 2. The Hall–Kier alpha value is -1.92. The number of aliphatic hydroxyl groups is 1. The van der Waals surface area contributed by atoms with E-state index in [1.807, 2.05) is 18.2 Å². The molecule has 0 saturated heterocycles. The number of hydrogen-bond donors (Lipinski definition) is 3. The van der Waals surface area contributed by atoms with E-state index >= 15 is 0 Å². The average molecular weight is 361 g/mol. The van der Waals surface area contributed by atoms with Crippen molar-refractivity contribution < 1.29 is 14.7 Å². The summed E-state index contributed by atoms with van der Waals surface area (Å²) in [5.41, 5.74) is 0.945. The van der Waals surface area contributed by atoms with Crippen LogP contribution >= 0.6 is 0 Å². The van der Waals surface area contributed by atoms with Crippen molar-refractivity contribution in [2.45, 2.75) is 50.2 Å². The summed E-state index contributed by atoms with van der Waals surface area (Å²) >= 11 is 0. The van der Waals surface area contributed by atoms with Crippen molar-refractivity contribution in [3.05, 3.63) is 35.9 Å². The Morgan fingerprint density at radius 1 is 1.23 bits per heavy atom. The van der Waals surface area contributed by atoms with E-state index in [0.717, 1.165) is 12.8 Å². The van der Waals surface area contributed by atoms with Gasteiger partial charge in [-0.25, -0.2) is 0 Å². The van der Waals surface area contributed by atoms with Crippen molar-refractivity contribution >= 4 is 11.8 Å². The van der Waals surface area contributed by atoms with Crippen molar-refractivity contribution in [3.8, 4) is 0 Å². The van der Waals surface area contributed by atoms with E-state index < -0.39 is 6.10 Å². The first-order valence-electron chi connectivity index (χ1n) is 9.28. The van der Waals surface area contributed by atoms with Gasteiger partial charge in [0.1, 0.15) is 0 Å². The Morgan fingerprint density at radius 3 is 2.50 bits per heavy atom. The molecule has 3 N–H and O–H groups in total. The molecule has 1 aromatic carbocycles. The van der Waals surface area contributed by atoms with Crippen molar-refractivity contribution in [1.29, 1.82) is 0 Å². The molecule has 2 amide bonds. The van der Waals surface area contributed by atoms with Gasteiger partial charge in [0.2, 0.25) is 11.8 Å². The molecular formula is C20H31N3O3. The van der Waals surface area contributed by atoms with Crippen LogP contribution in [0, 0.1) is 0 Å². The highest BCUT2D eigenvalue weighted by Crippen LogP contribution is 2.39. The van der Waals surface area contributed by atoms with Gasteiger partial charge in [-0.3, -0.25) is 9.59 Å². The van der Waals surface area contributed by atoms with E-state index in [1.165, 1.54) is 12.5 Å². The Bertz CT molecular complexity index is 608. The van der Waals surface area contributed by atoms with Gasteiger partial charge in [0.05, 0.1) is 18.7 Å². The molecule has 1 saturated carbocycles. The number of carbonyl (C=O) groups is 2. The van der Waals surface area contributed by atoms with Crippen LogP contribution in [0.5, 0.6) is 0 Å². The fourth-order valence-electron chi connectivity index (χ4n) is 3.92. The maximum absolute atomic E-state index is 12.2.